The third-order valence-electron chi connectivity index (χ3n) is 5.52. The molecule has 1 amide bonds. The van der Waals surface area contributed by atoms with E-state index in [0.29, 0.717) is 31.9 Å². The van der Waals surface area contributed by atoms with Gasteiger partial charge in [0.2, 0.25) is 5.91 Å². The van der Waals surface area contributed by atoms with E-state index in [1.807, 2.05) is 4.90 Å². The number of carbonyl (C=O) groups is 3. The Kier molecular flexibility index (Phi) is 7.33. The molecule has 0 unspecified atom stereocenters. The lowest BCUT2D eigenvalue weighted by Crippen LogP contribution is -2.48. The summed E-state index contributed by atoms with van der Waals surface area (Å²) >= 11 is 0. The number of allylic oxidation sites excluding steroid dienone is 2. The second kappa shape index (κ2) is 10.0. The molecule has 11 heteroatoms. The lowest BCUT2D eigenvalue weighted by Gasteiger charge is -2.38. The fourth-order valence-electron chi connectivity index (χ4n) is 3.77. The number of piperazine rings is 1. The van der Waals surface area contributed by atoms with E-state index in [2.05, 4.69) is 0 Å². The summed E-state index contributed by atoms with van der Waals surface area (Å²) in [4.78, 5) is 41.5. The number of alkyl halides is 3. The van der Waals surface area contributed by atoms with Gasteiger partial charge in [-0.05, 0) is 30.4 Å². The summed E-state index contributed by atoms with van der Waals surface area (Å²) in [6, 6.07) is 3.19. The summed E-state index contributed by atoms with van der Waals surface area (Å²) in [5, 5.41) is 0. The van der Waals surface area contributed by atoms with E-state index in [9.17, 15) is 27.6 Å². The summed E-state index contributed by atoms with van der Waals surface area (Å²) in [6.45, 7) is 2.97. The topological polar surface area (TPSA) is 79.4 Å². The Bertz CT molecular complexity index is 1070. The molecule has 0 radical (unpaired) electrons. The van der Waals surface area contributed by atoms with Crippen molar-refractivity contribution in [2.75, 3.05) is 50.2 Å². The molecule has 0 aromatic heterocycles. The van der Waals surface area contributed by atoms with Crippen LogP contribution in [0.15, 0.2) is 53.9 Å². The van der Waals surface area contributed by atoms with E-state index in [4.69, 9.17) is 9.47 Å². The van der Waals surface area contributed by atoms with Gasteiger partial charge in [-0.3, -0.25) is 4.79 Å². The maximum absolute atomic E-state index is 13.6. The smallest absolute Gasteiger partial charge is 0.416 e. The summed E-state index contributed by atoms with van der Waals surface area (Å²) in [5.74, 6) is -1.87. The Balaban J connectivity index is 2.19. The van der Waals surface area contributed by atoms with Crippen LogP contribution < -0.4 is 9.80 Å². The lowest BCUT2D eigenvalue weighted by atomic mass is 10.1. The first kappa shape index (κ1) is 24.9. The van der Waals surface area contributed by atoms with Gasteiger partial charge in [0.1, 0.15) is 5.70 Å². The molecule has 34 heavy (non-hydrogen) atoms. The molecule has 1 saturated heterocycles. The van der Waals surface area contributed by atoms with Crippen molar-refractivity contribution in [2.24, 2.45) is 0 Å². The summed E-state index contributed by atoms with van der Waals surface area (Å²) in [5.41, 5.74) is -0.976. The molecule has 3 rings (SSSR count). The molecule has 1 aromatic rings. The predicted octanol–water partition coefficient (Wildman–Crippen LogP) is 2.86. The van der Waals surface area contributed by atoms with Crippen LogP contribution >= 0.6 is 0 Å². The highest BCUT2D eigenvalue weighted by Gasteiger charge is 2.35. The molecule has 0 atom stereocenters. The van der Waals surface area contributed by atoms with Gasteiger partial charge in [-0.1, -0.05) is 6.08 Å². The fourth-order valence-corrected chi connectivity index (χ4v) is 3.77. The number of halogens is 3. The van der Waals surface area contributed by atoms with E-state index in [-0.39, 0.29) is 22.9 Å². The molecule has 8 nitrogen and oxygen atoms in total. The first-order chi connectivity index (χ1) is 16.1. The van der Waals surface area contributed by atoms with Crippen molar-refractivity contribution in [3.05, 3.63) is 59.5 Å². The maximum atomic E-state index is 13.6. The third-order valence-corrected chi connectivity index (χ3v) is 5.52. The predicted molar refractivity (Wildman–Crippen MR) is 118 cm³/mol. The number of carbonyl (C=O) groups excluding carboxylic acids is 3. The number of methoxy groups -OCH3 is 2. The molecule has 0 saturated carbocycles. The molecule has 0 bridgehead atoms. The average molecular weight is 479 g/mol. The molecule has 2 aliphatic heterocycles. The van der Waals surface area contributed by atoms with Crippen LogP contribution in [0.4, 0.5) is 24.5 Å². The zero-order valence-electron chi connectivity index (χ0n) is 18.9. The van der Waals surface area contributed by atoms with Crippen molar-refractivity contribution < 1.29 is 37.0 Å². The number of nitrogens with zero attached hydrogens (tertiary/aromatic N) is 3. The van der Waals surface area contributed by atoms with E-state index >= 15 is 0 Å². The van der Waals surface area contributed by atoms with E-state index < -0.39 is 23.7 Å². The Morgan fingerprint density at radius 1 is 0.912 bits per heavy atom. The third kappa shape index (κ3) is 5.08. The van der Waals surface area contributed by atoms with Gasteiger partial charge in [0.25, 0.3) is 0 Å². The number of ether oxygens (including phenoxy) is 2. The largest absolute Gasteiger partial charge is 0.465 e. The molecule has 0 aliphatic carbocycles. The van der Waals surface area contributed by atoms with Crippen molar-refractivity contribution in [1.82, 2.24) is 4.90 Å². The minimum absolute atomic E-state index is 0.0212. The number of hydrogen-bond acceptors (Lipinski definition) is 7. The lowest BCUT2D eigenvalue weighted by molar-refractivity contribution is -0.139. The standard InChI is InChI=1S/C23H24F3N3O5/c1-15(30)27-10-12-28(13-11-27)18-8-7-16(23(24,25)26)14-19(18)29-9-5-4-6-17(21(31)33-2)20(29)22(32)34-3/h4-9,14H,10-13H2,1-3H3. The van der Waals surface area contributed by atoms with Crippen LogP contribution in [0.5, 0.6) is 0 Å². The quantitative estimate of drug-likeness (QED) is 0.615. The molecule has 2 heterocycles. The van der Waals surface area contributed by atoms with Gasteiger partial charge in [-0.15, -0.1) is 0 Å². The Labute approximate surface area is 194 Å². The number of amides is 1. The summed E-state index contributed by atoms with van der Waals surface area (Å²) in [7, 11) is 2.24. The molecule has 2 aliphatic rings. The zero-order valence-corrected chi connectivity index (χ0v) is 18.9. The summed E-state index contributed by atoms with van der Waals surface area (Å²) < 4.78 is 50.5. The van der Waals surface area contributed by atoms with Crippen LogP contribution in [0, 0.1) is 0 Å². The Hall–Kier alpha value is -3.76. The van der Waals surface area contributed by atoms with Crippen LogP contribution in [-0.4, -0.2) is 63.1 Å². The van der Waals surface area contributed by atoms with E-state index in [1.54, 1.807) is 4.90 Å². The van der Waals surface area contributed by atoms with Crippen LogP contribution in [0.1, 0.15) is 12.5 Å². The molecule has 1 aromatic carbocycles. The molecule has 0 spiro atoms. The van der Waals surface area contributed by atoms with Gasteiger partial charge in [0.15, 0.2) is 0 Å². The minimum Gasteiger partial charge on any atom is -0.465 e. The normalized spacial score (nSPS) is 16.5. The van der Waals surface area contributed by atoms with Crippen molar-refractivity contribution in [3.8, 4) is 0 Å². The monoisotopic (exact) mass is 479 g/mol. The number of rotatable bonds is 4. The maximum Gasteiger partial charge on any atom is 0.416 e. The van der Waals surface area contributed by atoms with Crippen LogP contribution in [0.25, 0.3) is 0 Å². The Morgan fingerprint density at radius 2 is 1.56 bits per heavy atom. The number of hydrogen-bond donors (Lipinski definition) is 0. The number of benzene rings is 1. The molecule has 1 fully saturated rings. The van der Waals surface area contributed by atoms with Crippen LogP contribution in [0.3, 0.4) is 0 Å². The van der Waals surface area contributed by atoms with Gasteiger partial charge in [-0.25, -0.2) is 9.59 Å². The van der Waals surface area contributed by atoms with Gasteiger partial charge in [0, 0.05) is 39.3 Å². The van der Waals surface area contributed by atoms with Gasteiger partial charge in [-0.2, -0.15) is 13.2 Å². The number of esters is 2. The number of anilines is 2. The second-order valence-corrected chi connectivity index (χ2v) is 7.51. The average Bonchev–Trinajstić information content (AvgIpc) is 3.05. The van der Waals surface area contributed by atoms with E-state index in [0.717, 1.165) is 26.4 Å². The first-order valence-electron chi connectivity index (χ1n) is 10.3. The Morgan fingerprint density at radius 3 is 2.12 bits per heavy atom. The summed E-state index contributed by atoms with van der Waals surface area (Å²) in [6.07, 6.45) is 1.01. The first-order valence-corrected chi connectivity index (χ1v) is 10.3. The minimum atomic E-state index is -4.64. The van der Waals surface area contributed by atoms with E-state index in [1.165, 1.54) is 42.3 Å². The molecule has 182 valence electrons. The van der Waals surface area contributed by atoms with Gasteiger partial charge in [0.05, 0.1) is 36.7 Å². The zero-order chi connectivity index (χ0) is 25.0. The van der Waals surface area contributed by atoms with Crippen molar-refractivity contribution in [2.45, 2.75) is 13.1 Å². The van der Waals surface area contributed by atoms with Gasteiger partial charge >= 0.3 is 18.1 Å². The fraction of sp³-hybridized carbons (Fsp3) is 0.348. The van der Waals surface area contributed by atoms with Gasteiger partial charge < -0.3 is 24.2 Å². The van der Waals surface area contributed by atoms with Crippen molar-refractivity contribution in [1.29, 1.82) is 0 Å². The van der Waals surface area contributed by atoms with Crippen LogP contribution in [-0.2, 0) is 30.0 Å². The molecular formula is C23H24F3N3O5. The molecular weight excluding hydrogens is 455 g/mol. The second-order valence-electron chi connectivity index (χ2n) is 7.51. The van der Waals surface area contributed by atoms with Crippen molar-refractivity contribution >= 4 is 29.2 Å². The SMILES string of the molecule is COC(=O)C1=C(C(=O)OC)N(c2cc(C(F)(F)F)ccc2N2CCN(C(C)=O)CC2)C=CC=C1. The van der Waals surface area contributed by atoms with Crippen molar-refractivity contribution in [3.63, 3.8) is 0 Å². The highest BCUT2D eigenvalue weighted by atomic mass is 19.4. The molecule has 0 N–H and O–H groups in total. The highest BCUT2D eigenvalue weighted by Crippen LogP contribution is 2.40. The van der Waals surface area contributed by atoms with Crippen LogP contribution in [0.2, 0.25) is 0 Å². The highest BCUT2D eigenvalue weighted by molar-refractivity contribution is 6.06.